The summed E-state index contributed by atoms with van der Waals surface area (Å²) in [7, 11) is 0. The van der Waals surface area contributed by atoms with Gasteiger partial charge in [0.25, 0.3) is 0 Å². The Hall–Kier alpha value is -0.680. The number of nitrogens with one attached hydrogen (secondary N) is 1. The van der Waals surface area contributed by atoms with Crippen molar-refractivity contribution in [3.05, 3.63) is 34.6 Å². The Kier molecular flexibility index (Phi) is 3.68. The molecule has 0 bridgehead atoms. The first-order valence-corrected chi connectivity index (χ1v) is 6.00. The van der Waals surface area contributed by atoms with Crippen LogP contribution in [0.1, 0.15) is 31.4 Å². The molecule has 3 nitrogen and oxygen atoms in total. The van der Waals surface area contributed by atoms with E-state index < -0.39 is 5.60 Å². The van der Waals surface area contributed by atoms with Crippen LogP contribution in [-0.4, -0.2) is 12.2 Å². The van der Waals surface area contributed by atoms with Gasteiger partial charge < -0.3 is 4.74 Å². The zero-order valence-electron chi connectivity index (χ0n) is 9.67. The number of benzene rings is 1. The van der Waals surface area contributed by atoms with Crippen LogP contribution in [0.15, 0.2) is 18.2 Å². The Labute approximate surface area is 105 Å². The second-order valence-electron chi connectivity index (χ2n) is 4.53. The lowest BCUT2D eigenvalue weighted by Gasteiger charge is -2.33. The molecule has 2 atom stereocenters. The largest absolute Gasteiger partial charge is 0.373 e. The third kappa shape index (κ3) is 2.45. The molecule has 1 aromatic rings. The number of hydrogen-bond donors (Lipinski definition) is 2. The molecule has 0 aromatic heterocycles. The molecule has 1 fully saturated rings. The van der Waals surface area contributed by atoms with Gasteiger partial charge in [0.15, 0.2) is 0 Å². The summed E-state index contributed by atoms with van der Waals surface area (Å²) in [6.45, 7) is 2.66. The topological polar surface area (TPSA) is 47.3 Å². The molecule has 5 heteroatoms. The molecule has 3 N–H and O–H groups in total. The summed E-state index contributed by atoms with van der Waals surface area (Å²) in [5.41, 5.74) is 2.89. The molecule has 0 saturated carbocycles. The SMILES string of the molecule is CC1(C(NN)c2cc(F)ccc2Cl)CCCO1. The number of nitrogens with two attached hydrogens (primary N) is 1. The lowest BCUT2D eigenvalue weighted by Crippen LogP contribution is -2.44. The zero-order valence-corrected chi connectivity index (χ0v) is 10.4. The van der Waals surface area contributed by atoms with Gasteiger partial charge in [-0.15, -0.1) is 0 Å². The molecule has 0 radical (unpaired) electrons. The molecule has 1 aromatic carbocycles. The van der Waals surface area contributed by atoms with E-state index in [1.165, 1.54) is 18.2 Å². The van der Waals surface area contributed by atoms with Crippen LogP contribution in [0.4, 0.5) is 4.39 Å². The first-order chi connectivity index (χ1) is 8.07. The van der Waals surface area contributed by atoms with Gasteiger partial charge in [0, 0.05) is 11.6 Å². The molecule has 94 valence electrons. The molecule has 0 aliphatic carbocycles. The van der Waals surface area contributed by atoms with Crippen molar-refractivity contribution in [3.8, 4) is 0 Å². The van der Waals surface area contributed by atoms with Gasteiger partial charge in [-0.3, -0.25) is 11.3 Å². The highest BCUT2D eigenvalue weighted by atomic mass is 35.5. The van der Waals surface area contributed by atoms with E-state index in [-0.39, 0.29) is 11.9 Å². The van der Waals surface area contributed by atoms with E-state index in [0.29, 0.717) is 17.2 Å². The minimum absolute atomic E-state index is 0.312. The van der Waals surface area contributed by atoms with Gasteiger partial charge in [-0.2, -0.15) is 0 Å². The van der Waals surface area contributed by atoms with E-state index >= 15 is 0 Å². The van der Waals surface area contributed by atoms with Gasteiger partial charge in [-0.1, -0.05) is 11.6 Å². The predicted molar refractivity (Wildman–Crippen MR) is 65.1 cm³/mol. The van der Waals surface area contributed by atoms with Crippen LogP contribution in [0.25, 0.3) is 0 Å². The smallest absolute Gasteiger partial charge is 0.123 e. The molecule has 2 rings (SSSR count). The normalized spacial score (nSPS) is 26.1. The summed E-state index contributed by atoms with van der Waals surface area (Å²) in [5, 5.41) is 0.492. The zero-order chi connectivity index (χ0) is 12.5. The third-order valence-electron chi connectivity index (χ3n) is 3.30. The lowest BCUT2D eigenvalue weighted by molar-refractivity contribution is -0.0125. The molecule has 1 heterocycles. The molecule has 0 amide bonds. The maximum Gasteiger partial charge on any atom is 0.123 e. The van der Waals surface area contributed by atoms with E-state index in [1.54, 1.807) is 0 Å². The molecular weight excluding hydrogens is 243 g/mol. The van der Waals surface area contributed by atoms with Gasteiger partial charge in [0.05, 0.1) is 11.6 Å². The predicted octanol–water partition coefficient (Wildman–Crippen LogP) is 2.55. The Bertz CT molecular complexity index is 407. The molecular formula is C12H16ClFN2O. The minimum Gasteiger partial charge on any atom is -0.373 e. The number of halogens is 2. The van der Waals surface area contributed by atoms with Crippen LogP contribution in [0.5, 0.6) is 0 Å². The van der Waals surface area contributed by atoms with E-state index in [2.05, 4.69) is 5.43 Å². The van der Waals surface area contributed by atoms with Crippen molar-refractivity contribution in [2.45, 2.75) is 31.4 Å². The van der Waals surface area contributed by atoms with Crippen LogP contribution in [0, 0.1) is 5.82 Å². The quantitative estimate of drug-likeness (QED) is 0.647. The van der Waals surface area contributed by atoms with Crippen LogP contribution < -0.4 is 11.3 Å². The van der Waals surface area contributed by atoms with Gasteiger partial charge >= 0.3 is 0 Å². The third-order valence-corrected chi connectivity index (χ3v) is 3.64. The summed E-state index contributed by atoms with van der Waals surface area (Å²) in [5.74, 6) is 5.25. The Morgan fingerprint density at radius 1 is 1.59 bits per heavy atom. The first kappa shape index (κ1) is 12.8. The van der Waals surface area contributed by atoms with Crippen molar-refractivity contribution in [2.75, 3.05) is 6.61 Å². The van der Waals surface area contributed by atoms with Crippen LogP contribution in [-0.2, 0) is 4.74 Å². The highest BCUT2D eigenvalue weighted by Crippen LogP contribution is 2.39. The van der Waals surface area contributed by atoms with Crippen molar-refractivity contribution in [1.82, 2.24) is 5.43 Å². The maximum atomic E-state index is 13.3. The lowest BCUT2D eigenvalue weighted by atomic mass is 9.88. The number of ether oxygens (including phenoxy) is 1. The fourth-order valence-electron chi connectivity index (χ4n) is 2.36. The highest BCUT2D eigenvalue weighted by Gasteiger charge is 2.39. The van der Waals surface area contributed by atoms with Crippen molar-refractivity contribution in [1.29, 1.82) is 0 Å². The van der Waals surface area contributed by atoms with Gasteiger partial charge in [-0.25, -0.2) is 4.39 Å². The Morgan fingerprint density at radius 2 is 2.35 bits per heavy atom. The molecule has 17 heavy (non-hydrogen) atoms. The molecule has 1 aliphatic heterocycles. The molecule has 1 aliphatic rings. The average molecular weight is 259 g/mol. The number of rotatable bonds is 3. The Morgan fingerprint density at radius 3 is 2.94 bits per heavy atom. The van der Waals surface area contributed by atoms with E-state index in [4.69, 9.17) is 22.2 Å². The van der Waals surface area contributed by atoms with Gasteiger partial charge in [-0.05, 0) is 43.5 Å². The van der Waals surface area contributed by atoms with E-state index in [9.17, 15) is 4.39 Å². The number of hydrogen-bond acceptors (Lipinski definition) is 3. The van der Waals surface area contributed by atoms with Gasteiger partial charge in [0.1, 0.15) is 5.82 Å². The van der Waals surface area contributed by atoms with Crippen molar-refractivity contribution in [2.24, 2.45) is 5.84 Å². The van der Waals surface area contributed by atoms with Crippen molar-refractivity contribution < 1.29 is 9.13 Å². The first-order valence-electron chi connectivity index (χ1n) is 5.62. The molecule has 1 saturated heterocycles. The van der Waals surface area contributed by atoms with E-state index in [1.807, 2.05) is 6.92 Å². The summed E-state index contributed by atoms with van der Waals surface area (Å²) in [4.78, 5) is 0. The van der Waals surface area contributed by atoms with E-state index in [0.717, 1.165) is 12.8 Å². The maximum absolute atomic E-state index is 13.3. The summed E-state index contributed by atoms with van der Waals surface area (Å²) in [6.07, 6.45) is 1.84. The molecule has 2 unspecified atom stereocenters. The van der Waals surface area contributed by atoms with Crippen LogP contribution in [0.3, 0.4) is 0 Å². The second kappa shape index (κ2) is 4.90. The average Bonchev–Trinajstić information content (AvgIpc) is 2.72. The summed E-state index contributed by atoms with van der Waals surface area (Å²) >= 11 is 6.09. The Balaban J connectivity index is 2.37. The molecule has 0 spiro atoms. The fraction of sp³-hybridized carbons (Fsp3) is 0.500. The van der Waals surface area contributed by atoms with Crippen molar-refractivity contribution in [3.63, 3.8) is 0 Å². The minimum atomic E-state index is -0.438. The van der Waals surface area contributed by atoms with Crippen LogP contribution >= 0.6 is 11.6 Å². The summed E-state index contributed by atoms with van der Waals surface area (Å²) in [6, 6.07) is 3.96. The standard InChI is InChI=1S/C12H16ClFN2O/c1-12(5-2-6-17-12)11(16-15)9-7-8(14)3-4-10(9)13/h3-4,7,11,16H,2,5-6,15H2,1H3. The van der Waals surface area contributed by atoms with Gasteiger partial charge in [0.2, 0.25) is 0 Å². The monoisotopic (exact) mass is 258 g/mol. The summed E-state index contributed by atoms with van der Waals surface area (Å²) < 4.78 is 19.0. The fourth-order valence-corrected chi connectivity index (χ4v) is 2.59. The van der Waals surface area contributed by atoms with Crippen LogP contribution in [0.2, 0.25) is 5.02 Å². The number of hydrazine groups is 1. The highest BCUT2D eigenvalue weighted by molar-refractivity contribution is 6.31. The second-order valence-corrected chi connectivity index (χ2v) is 4.94. The van der Waals surface area contributed by atoms with Crippen molar-refractivity contribution >= 4 is 11.6 Å².